The van der Waals surface area contributed by atoms with Crippen LogP contribution in [-0.2, 0) is 65.4 Å². The molecule has 0 heterocycles. The van der Waals surface area contributed by atoms with Crippen molar-refractivity contribution in [3.05, 3.63) is 0 Å². The molecule has 0 aliphatic rings. The van der Waals surface area contributed by atoms with Gasteiger partial charge in [0.1, 0.15) is 19.3 Å². The van der Waals surface area contributed by atoms with Crippen molar-refractivity contribution in [1.82, 2.24) is 0 Å². The lowest BCUT2D eigenvalue weighted by Crippen LogP contribution is -2.30. The van der Waals surface area contributed by atoms with Crippen LogP contribution in [0.5, 0.6) is 0 Å². The number of rotatable bonds is 81. The molecule has 4 unspecified atom stereocenters. The fourth-order valence-electron chi connectivity index (χ4n) is 12.9. The number of aliphatic hydroxyl groups excluding tert-OH is 1. The van der Waals surface area contributed by atoms with Gasteiger partial charge in [-0.2, -0.15) is 0 Å². The first-order valence-corrected chi connectivity index (χ1v) is 46.2. The second-order valence-electron chi connectivity index (χ2n) is 31.9. The molecule has 612 valence electrons. The molecule has 0 saturated heterocycles. The molecule has 6 atom stereocenters. The topological polar surface area (TPSA) is 237 Å². The van der Waals surface area contributed by atoms with Crippen LogP contribution in [0.1, 0.15) is 434 Å². The normalized spacial score (nSPS) is 14.2. The predicted octanol–water partition coefficient (Wildman–Crippen LogP) is 25.2. The summed E-state index contributed by atoms with van der Waals surface area (Å²) in [6.45, 7) is 14.3. The molecule has 0 aromatic rings. The van der Waals surface area contributed by atoms with E-state index in [1.807, 2.05) is 0 Å². The largest absolute Gasteiger partial charge is 0.472 e. The number of aliphatic hydroxyl groups is 1. The van der Waals surface area contributed by atoms with Gasteiger partial charge in [0.2, 0.25) is 0 Å². The highest BCUT2D eigenvalue weighted by Crippen LogP contribution is 2.45. The highest BCUT2D eigenvalue weighted by Gasteiger charge is 2.30. The number of carbonyl (C=O) groups is 4. The molecule has 0 spiro atoms. The van der Waals surface area contributed by atoms with E-state index in [0.29, 0.717) is 31.6 Å². The molecule has 3 N–H and O–H groups in total. The Morgan fingerprint density at radius 2 is 0.466 bits per heavy atom. The molecule has 0 aromatic heterocycles. The molecule has 0 saturated carbocycles. The highest BCUT2D eigenvalue weighted by atomic mass is 31.2. The Bertz CT molecular complexity index is 2010. The number of esters is 4. The van der Waals surface area contributed by atoms with E-state index in [-0.39, 0.29) is 25.7 Å². The van der Waals surface area contributed by atoms with Crippen LogP contribution in [0.2, 0.25) is 0 Å². The second-order valence-corrected chi connectivity index (χ2v) is 34.8. The minimum atomic E-state index is -4.96. The number of hydrogen-bond donors (Lipinski definition) is 3. The summed E-state index contributed by atoms with van der Waals surface area (Å²) in [4.78, 5) is 73.1. The average molecular weight is 1510 g/mol. The summed E-state index contributed by atoms with van der Waals surface area (Å²) in [6, 6.07) is 0. The number of phosphoric ester groups is 2. The van der Waals surface area contributed by atoms with Crippen molar-refractivity contribution in [3.63, 3.8) is 0 Å². The molecule has 0 aromatic carbocycles. The van der Waals surface area contributed by atoms with Crippen molar-refractivity contribution in [2.45, 2.75) is 453 Å². The highest BCUT2D eigenvalue weighted by molar-refractivity contribution is 7.47. The summed E-state index contributed by atoms with van der Waals surface area (Å²) >= 11 is 0. The Labute approximate surface area is 632 Å². The van der Waals surface area contributed by atoms with Gasteiger partial charge in [0.15, 0.2) is 12.2 Å². The fraction of sp³-hybridized carbons (Fsp3) is 0.952. The van der Waals surface area contributed by atoms with Gasteiger partial charge in [-0.25, -0.2) is 9.13 Å². The van der Waals surface area contributed by atoms with Gasteiger partial charge in [-0.1, -0.05) is 383 Å². The zero-order chi connectivity index (χ0) is 76.0. The van der Waals surface area contributed by atoms with Gasteiger partial charge in [0.05, 0.1) is 26.4 Å². The van der Waals surface area contributed by atoms with Crippen LogP contribution in [0.4, 0.5) is 0 Å². The third kappa shape index (κ3) is 76.6. The van der Waals surface area contributed by atoms with Crippen molar-refractivity contribution in [2.75, 3.05) is 39.6 Å². The van der Waals surface area contributed by atoms with Crippen LogP contribution in [0, 0.1) is 23.7 Å². The number of hydrogen-bond acceptors (Lipinski definition) is 15. The molecular weight excluding hydrogens is 1340 g/mol. The fourth-order valence-corrected chi connectivity index (χ4v) is 14.5. The molecule has 0 amide bonds. The summed E-state index contributed by atoms with van der Waals surface area (Å²) in [7, 11) is -9.92. The van der Waals surface area contributed by atoms with Crippen LogP contribution in [0.15, 0.2) is 0 Å². The molecule has 103 heavy (non-hydrogen) atoms. The first-order chi connectivity index (χ1) is 49.6. The van der Waals surface area contributed by atoms with Gasteiger partial charge in [-0.05, 0) is 49.4 Å². The minimum absolute atomic E-state index is 0.106. The first kappa shape index (κ1) is 101. The monoisotopic (exact) mass is 1510 g/mol. The predicted molar refractivity (Wildman–Crippen MR) is 423 cm³/mol. The summed E-state index contributed by atoms with van der Waals surface area (Å²) in [6.07, 6.45) is 61.3. The molecule has 17 nitrogen and oxygen atoms in total. The van der Waals surface area contributed by atoms with Gasteiger partial charge < -0.3 is 33.8 Å². The zero-order valence-corrected chi connectivity index (χ0v) is 69.7. The van der Waals surface area contributed by atoms with E-state index in [9.17, 15) is 43.2 Å². The lowest BCUT2D eigenvalue weighted by Gasteiger charge is -2.21. The zero-order valence-electron chi connectivity index (χ0n) is 68.0. The maximum atomic E-state index is 13.1. The number of phosphoric acid groups is 2. The lowest BCUT2D eigenvalue weighted by molar-refractivity contribution is -0.161. The lowest BCUT2D eigenvalue weighted by atomic mass is 9.99. The molecule has 0 rings (SSSR count). The van der Waals surface area contributed by atoms with Gasteiger partial charge in [0, 0.05) is 25.7 Å². The van der Waals surface area contributed by atoms with E-state index in [1.54, 1.807) is 0 Å². The summed E-state index contributed by atoms with van der Waals surface area (Å²) in [5.74, 6) is 1.01. The Morgan fingerprint density at radius 3 is 0.689 bits per heavy atom. The maximum Gasteiger partial charge on any atom is 0.472 e. The SMILES string of the molecule is CCC(C)CCCCCCCCCCCCCCCCCCCCC(=O)OC[C@H](COP(=O)(O)OCC(O)COP(=O)(O)OC[C@@H](COC(=O)CCCCCCCCC(C)C)OC(=O)CCCCCCCCCCCCCCCCCC(C)C)OC(=O)CCCCCCCCCCCCCC(C)C. The van der Waals surface area contributed by atoms with Crippen LogP contribution < -0.4 is 0 Å². The van der Waals surface area contributed by atoms with E-state index in [0.717, 1.165) is 114 Å². The van der Waals surface area contributed by atoms with Crippen LogP contribution in [0.25, 0.3) is 0 Å². The van der Waals surface area contributed by atoms with Crippen LogP contribution >= 0.6 is 15.6 Å². The van der Waals surface area contributed by atoms with Gasteiger partial charge in [0.25, 0.3) is 0 Å². The van der Waals surface area contributed by atoms with Crippen molar-refractivity contribution in [2.24, 2.45) is 23.7 Å². The Hall–Kier alpha value is -1.94. The van der Waals surface area contributed by atoms with Gasteiger partial charge in [-0.15, -0.1) is 0 Å². The van der Waals surface area contributed by atoms with Crippen molar-refractivity contribution >= 4 is 39.5 Å². The minimum Gasteiger partial charge on any atom is -0.462 e. The van der Waals surface area contributed by atoms with Crippen LogP contribution in [0.3, 0.4) is 0 Å². The molecule has 0 radical (unpaired) electrons. The van der Waals surface area contributed by atoms with Gasteiger partial charge in [-0.3, -0.25) is 37.3 Å². The van der Waals surface area contributed by atoms with E-state index < -0.39 is 97.5 Å². The quantitative estimate of drug-likeness (QED) is 0.0222. The molecule has 0 aliphatic heterocycles. The van der Waals surface area contributed by atoms with Crippen molar-refractivity contribution < 1.29 is 80.2 Å². The number of ether oxygens (including phenoxy) is 4. The average Bonchev–Trinajstić information content (AvgIpc) is 0.908. The number of unbranched alkanes of at least 4 members (excludes halogenated alkanes) is 46. The third-order valence-corrected chi connectivity index (χ3v) is 21.8. The van der Waals surface area contributed by atoms with E-state index in [1.165, 1.54) is 231 Å². The number of carbonyl (C=O) groups excluding carboxylic acids is 4. The van der Waals surface area contributed by atoms with Crippen molar-refractivity contribution in [1.29, 1.82) is 0 Å². The summed E-state index contributed by atoms with van der Waals surface area (Å²) in [5, 5.41) is 10.7. The molecule has 0 bridgehead atoms. The standard InChI is InChI=1S/C84H164O17P2/c1-9-77(8)63-55-47-38-32-26-20-16-12-10-11-13-17-21-27-33-39-48-56-64-81(86)94-70-79(100-84(89)67-59-51-41-35-29-23-25-31-37-45-53-61-75(4)5)72-98-102(90,91)96-68-78(85)69-97-103(92,93)99-73-80(71-95-82(87)65-57-49-43-42-46-54-62-76(6)7)101-83(88)66-58-50-40-34-28-22-18-14-15-19-24-30-36-44-52-60-74(2)3/h74-80,85H,9-73H2,1-8H3,(H,90,91)(H,92,93)/t77?,78?,79-,80-/m1/s1. The summed E-state index contributed by atoms with van der Waals surface area (Å²) in [5.41, 5.74) is 0. The third-order valence-electron chi connectivity index (χ3n) is 19.9. The van der Waals surface area contributed by atoms with E-state index in [2.05, 4.69) is 55.4 Å². The van der Waals surface area contributed by atoms with Crippen molar-refractivity contribution in [3.8, 4) is 0 Å². The Kier molecular flexibility index (Phi) is 71.5. The molecule has 19 heteroatoms. The maximum absolute atomic E-state index is 13.1. The Balaban J connectivity index is 5.17. The second kappa shape index (κ2) is 72.9. The molecule has 0 fully saturated rings. The van der Waals surface area contributed by atoms with Crippen LogP contribution in [-0.4, -0.2) is 96.7 Å². The smallest absolute Gasteiger partial charge is 0.462 e. The first-order valence-electron chi connectivity index (χ1n) is 43.2. The van der Waals surface area contributed by atoms with E-state index in [4.69, 9.17) is 37.0 Å². The van der Waals surface area contributed by atoms with Gasteiger partial charge >= 0.3 is 39.5 Å². The Morgan fingerprint density at radius 1 is 0.272 bits per heavy atom. The summed E-state index contributed by atoms with van der Waals surface area (Å²) < 4.78 is 68.8. The van der Waals surface area contributed by atoms with E-state index >= 15 is 0 Å². The molecular formula is C84H164O17P2. The molecule has 0 aliphatic carbocycles.